The molecule has 0 fully saturated rings. The molecule has 0 heterocycles. The van der Waals surface area contributed by atoms with Crippen LogP contribution >= 0.6 is 0 Å². The van der Waals surface area contributed by atoms with Crippen LogP contribution in [0.5, 0.6) is 5.75 Å². The number of Topliss-reactive ketones (excluding diaryl/α,β-unsaturated/α-hetero) is 1. The van der Waals surface area contributed by atoms with Crippen LogP contribution in [-0.4, -0.2) is 12.9 Å². The van der Waals surface area contributed by atoms with Gasteiger partial charge in [0, 0.05) is 6.42 Å². The van der Waals surface area contributed by atoms with Gasteiger partial charge in [-0.3, -0.25) is 0 Å². The molecule has 2 heteroatoms. The molecular formula is C13H20O2. The van der Waals surface area contributed by atoms with Gasteiger partial charge in [-0.05, 0) is 37.5 Å². The first-order valence-electron chi connectivity index (χ1n) is 4.84. The van der Waals surface area contributed by atoms with E-state index in [1.807, 2.05) is 24.3 Å². The molecule has 0 aliphatic rings. The van der Waals surface area contributed by atoms with Crippen molar-refractivity contribution in [1.29, 1.82) is 0 Å². The second-order valence-corrected chi connectivity index (χ2v) is 3.40. The maximum absolute atomic E-state index is 10.7. The standard InChI is InChI=1S/C12H16O2.CH4/c1-10(13)4-3-5-11-6-8-12(14-2)9-7-11;/h6-9H,3-5H2,1-2H3;1H4. The number of carbonyl (C=O) groups is 1. The lowest BCUT2D eigenvalue weighted by Gasteiger charge is -2.02. The summed E-state index contributed by atoms with van der Waals surface area (Å²) in [7, 11) is 1.66. The molecule has 0 amide bonds. The van der Waals surface area contributed by atoms with Gasteiger partial charge in [-0.25, -0.2) is 0 Å². The number of benzene rings is 1. The van der Waals surface area contributed by atoms with Crippen LogP contribution in [0.25, 0.3) is 0 Å². The molecule has 1 rings (SSSR count). The fourth-order valence-corrected chi connectivity index (χ4v) is 1.33. The van der Waals surface area contributed by atoms with E-state index in [0.717, 1.165) is 18.6 Å². The fraction of sp³-hybridized carbons (Fsp3) is 0.462. The SMILES string of the molecule is C.COc1ccc(CCCC(C)=O)cc1. The van der Waals surface area contributed by atoms with E-state index >= 15 is 0 Å². The van der Waals surface area contributed by atoms with E-state index in [0.29, 0.717) is 6.42 Å². The number of aryl methyl sites for hydroxylation is 1. The monoisotopic (exact) mass is 208 g/mol. The van der Waals surface area contributed by atoms with Crippen LogP contribution in [0.1, 0.15) is 32.8 Å². The van der Waals surface area contributed by atoms with E-state index in [2.05, 4.69) is 0 Å². The lowest BCUT2D eigenvalue weighted by Crippen LogP contribution is -1.92. The first-order valence-corrected chi connectivity index (χ1v) is 4.84. The van der Waals surface area contributed by atoms with Crippen molar-refractivity contribution in [3.8, 4) is 5.75 Å². The van der Waals surface area contributed by atoms with E-state index < -0.39 is 0 Å². The van der Waals surface area contributed by atoms with Crippen LogP contribution < -0.4 is 4.74 Å². The predicted octanol–water partition coefficient (Wildman–Crippen LogP) is 3.24. The number of rotatable bonds is 5. The topological polar surface area (TPSA) is 26.3 Å². The quantitative estimate of drug-likeness (QED) is 0.742. The molecule has 84 valence electrons. The summed E-state index contributed by atoms with van der Waals surface area (Å²) in [6, 6.07) is 7.98. The van der Waals surface area contributed by atoms with Gasteiger partial charge in [0.1, 0.15) is 11.5 Å². The minimum absolute atomic E-state index is 0. The number of methoxy groups -OCH3 is 1. The highest BCUT2D eigenvalue weighted by atomic mass is 16.5. The number of ketones is 1. The Morgan fingerprint density at radius 1 is 1.27 bits per heavy atom. The minimum Gasteiger partial charge on any atom is -0.497 e. The van der Waals surface area contributed by atoms with Crippen LogP contribution in [0.3, 0.4) is 0 Å². The maximum atomic E-state index is 10.7. The molecule has 0 radical (unpaired) electrons. The molecule has 1 aromatic carbocycles. The molecular weight excluding hydrogens is 188 g/mol. The summed E-state index contributed by atoms with van der Waals surface area (Å²) in [5.74, 6) is 1.14. The Morgan fingerprint density at radius 2 is 1.87 bits per heavy atom. The van der Waals surface area contributed by atoms with E-state index in [-0.39, 0.29) is 13.2 Å². The largest absolute Gasteiger partial charge is 0.497 e. The lowest BCUT2D eigenvalue weighted by molar-refractivity contribution is -0.117. The second-order valence-electron chi connectivity index (χ2n) is 3.40. The molecule has 0 saturated heterocycles. The van der Waals surface area contributed by atoms with Crippen molar-refractivity contribution in [2.24, 2.45) is 0 Å². The Labute approximate surface area is 92.3 Å². The Kier molecular flexibility index (Phi) is 6.43. The Balaban J connectivity index is 0.00000196. The van der Waals surface area contributed by atoms with Gasteiger partial charge in [-0.2, -0.15) is 0 Å². The summed E-state index contributed by atoms with van der Waals surface area (Å²) in [4.78, 5) is 10.7. The Morgan fingerprint density at radius 3 is 2.33 bits per heavy atom. The summed E-state index contributed by atoms with van der Waals surface area (Å²) < 4.78 is 5.06. The summed E-state index contributed by atoms with van der Waals surface area (Å²) >= 11 is 0. The third-order valence-corrected chi connectivity index (χ3v) is 2.15. The third-order valence-electron chi connectivity index (χ3n) is 2.15. The molecule has 0 spiro atoms. The van der Waals surface area contributed by atoms with E-state index in [9.17, 15) is 4.79 Å². The molecule has 15 heavy (non-hydrogen) atoms. The fourth-order valence-electron chi connectivity index (χ4n) is 1.33. The van der Waals surface area contributed by atoms with Gasteiger partial charge in [0.25, 0.3) is 0 Å². The lowest BCUT2D eigenvalue weighted by atomic mass is 10.1. The molecule has 0 bridgehead atoms. The van der Waals surface area contributed by atoms with Gasteiger partial charge in [0.05, 0.1) is 7.11 Å². The number of hydrogen-bond donors (Lipinski definition) is 0. The zero-order chi connectivity index (χ0) is 10.4. The molecule has 0 aromatic heterocycles. The van der Waals surface area contributed by atoms with Gasteiger partial charge in [-0.15, -0.1) is 0 Å². The van der Waals surface area contributed by atoms with Crippen molar-refractivity contribution < 1.29 is 9.53 Å². The normalized spacial score (nSPS) is 9.20. The molecule has 1 aromatic rings. The highest BCUT2D eigenvalue weighted by Crippen LogP contribution is 2.13. The summed E-state index contributed by atoms with van der Waals surface area (Å²) in [6.07, 6.45) is 2.57. The van der Waals surface area contributed by atoms with Crippen LogP contribution in [0.4, 0.5) is 0 Å². The molecule has 0 unspecified atom stereocenters. The van der Waals surface area contributed by atoms with Gasteiger partial charge in [0.2, 0.25) is 0 Å². The zero-order valence-corrected chi connectivity index (χ0v) is 8.75. The van der Waals surface area contributed by atoms with Crippen LogP contribution in [0.2, 0.25) is 0 Å². The van der Waals surface area contributed by atoms with Crippen molar-refractivity contribution in [3.05, 3.63) is 29.8 Å². The minimum atomic E-state index is 0. The number of carbonyl (C=O) groups excluding carboxylic acids is 1. The van der Waals surface area contributed by atoms with Crippen LogP contribution in [0, 0.1) is 0 Å². The summed E-state index contributed by atoms with van der Waals surface area (Å²) in [6.45, 7) is 1.63. The molecule has 0 N–H and O–H groups in total. The Hall–Kier alpha value is -1.31. The average Bonchev–Trinajstić information content (AvgIpc) is 2.18. The molecule has 0 aliphatic heterocycles. The van der Waals surface area contributed by atoms with Crippen molar-refractivity contribution in [2.45, 2.75) is 33.6 Å². The molecule has 2 nitrogen and oxygen atoms in total. The highest BCUT2D eigenvalue weighted by molar-refractivity contribution is 5.75. The smallest absolute Gasteiger partial charge is 0.129 e. The highest BCUT2D eigenvalue weighted by Gasteiger charge is 1.96. The number of ether oxygens (including phenoxy) is 1. The third kappa shape index (κ3) is 5.21. The van der Waals surface area contributed by atoms with Gasteiger partial charge in [0.15, 0.2) is 0 Å². The maximum Gasteiger partial charge on any atom is 0.129 e. The van der Waals surface area contributed by atoms with E-state index in [1.165, 1.54) is 5.56 Å². The first-order chi connectivity index (χ1) is 6.72. The molecule has 0 atom stereocenters. The van der Waals surface area contributed by atoms with Crippen LogP contribution in [-0.2, 0) is 11.2 Å². The van der Waals surface area contributed by atoms with Crippen molar-refractivity contribution in [1.82, 2.24) is 0 Å². The van der Waals surface area contributed by atoms with Crippen LogP contribution in [0.15, 0.2) is 24.3 Å². The number of hydrogen-bond acceptors (Lipinski definition) is 2. The van der Waals surface area contributed by atoms with E-state index in [4.69, 9.17) is 4.74 Å². The van der Waals surface area contributed by atoms with E-state index in [1.54, 1.807) is 14.0 Å². The van der Waals surface area contributed by atoms with Gasteiger partial charge >= 0.3 is 0 Å². The predicted molar refractivity (Wildman–Crippen MR) is 63.3 cm³/mol. The van der Waals surface area contributed by atoms with Gasteiger partial charge in [-0.1, -0.05) is 19.6 Å². The van der Waals surface area contributed by atoms with Crippen molar-refractivity contribution in [2.75, 3.05) is 7.11 Å². The average molecular weight is 208 g/mol. The summed E-state index contributed by atoms with van der Waals surface area (Å²) in [5.41, 5.74) is 1.26. The van der Waals surface area contributed by atoms with Crippen molar-refractivity contribution in [3.63, 3.8) is 0 Å². The molecule has 0 saturated carbocycles. The first kappa shape index (κ1) is 13.7. The summed E-state index contributed by atoms with van der Waals surface area (Å²) in [5, 5.41) is 0. The van der Waals surface area contributed by atoms with Gasteiger partial charge < -0.3 is 9.53 Å². The Bertz CT molecular complexity index is 288. The molecule has 0 aliphatic carbocycles. The zero-order valence-electron chi connectivity index (χ0n) is 8.75. The van der Waals surface area contributed by atoms with Crippen molar-refractivity contribution >= 4 is 5.78 Å². The second kappa shape index (κ2) is 7.04.